The summed E-state index contributed by atoms with van der Waals surface area (Å²) in [6.45, 7) is 3.21. The molecule has 1 N–H and O–H groups in total. The minimum atomic E-state index is -0.449. The van der Waals surface area contributed by atoms with Crippen molar-refractivity contribution in [1.82, 2.24) is 0 Å². The summed E-state index contributed by atoms with van der Waals surface area (Å²) in [6.07, 6.45) is 0. The van der Waals surface area contributed by atoms with Crippen LogP contribution in [0, 0.1) is 11.6 Å². The molecule has 0 unspecified atom stereocenters. The van der Waals surface area contributed by atoms with E-state index in [1.165, 1.54) is 24.3 Å². The van der Waals surface area contributed by atoms with Gasteiger partial charge >= 0.3 is 0 Å². The lowest BCUT2D eigenvalue weighted by molar-refractivity contribution is 0.184. The van der Waals surface area contributed by atoms with Crippen LogP contribution in [0.5, 0.6) is 5.75 Å². The molecule has 0 heterocycles. The Morgan fingerprint density at radius 3 is 1.83 bits per heavy atom. The average molecular weight is 470 g/mol. The summed E-state index contributed by atoms with van der Waals surface area (Å²) < 4.78 is 35.2. The van der Waals surface area contributed by atoms with Crippen molar-refractivity contribution in [3.63, 3.8) is 0 Å². The van der Waals surface area contributed by atoms with E-state index in [4.69, 9.17) is 9.84 Å². The van der Waals surface area contributed by atoms with Crippen molar-refractivity contribution >= 4 is 31.9 Å². The second kappa shape index (κ2) is 13.3. The fourth-order valence-corrected chi connectivity index (χ4v) is 1.95. The summed E-state index contributed by atoms with van der Waals surface area (Å²) in [6, 6.07) is 9.00. The Bertz CT molecular complexity index is 588. The summed E-state index contributed by atoms with van der Waals surface area (Å²) >= 11 is 5.98. The zero-order valence-corrected chi connectivity index (χ0v) is 16.8. The average Bonchev–Trinajstić information content (AvgIpc) is 2.58. The van der Waals surface area contributed by atoms with E-state index in [9.17, 15) is 8.78 Å². The van der Waals surface area contributed by atoms with Crippen LogP contribution in [-0.4, -0.2) is 25.9 Å². The van der Waals surface area contributed by atoms with Gasteiger partial charge in [0.2, 0.25) is 0 Å². The van der Waals surface area contributed by atoms with Crippen molar-refractivity contribution < 1.29 is 23.4 Å². The molecule has 0 saturated heterocycles. The number of ether oxygens (including phenoxy) is 2. The fraction of sp³-hybridized carbons (Fsp3) is 0.294. The van der Waals surface area contributed by atoms with Gasteiger partial charge < -0.3 is 14.6 Å². The predicted octanol–water partition coefficient (Wildman–Crippen LogP) is 5.68. The Labute approximate surface area is 157 Å². The van der Waals surface area contributed by atoms with E-state index in [2.05, 4.69) is 36.6 Å². The third-order valence-corrected chi connectivity index (χ3v) is 4.22. The highest BCUT2D eigenvalue weighted by molar-refractivity contribution is 9.10. The molecule has 0 bridgehead atoms. The lowest BCUT2D eigenvalue weighted by Crippen LogP contribution is -1.90. The fourth-order valence-electron chi connectivity index (χ4n) is 1.31. The van der Waals surface area contributed by atoms with Gasteiger partial charge in [0.15, 0.2) is 0 Å². The van der Waals surface area contributed by atoms with E-state index in [-0.39, 0.29) is 16.0 Å². The number of phenols is 1. The van der Waals surface area contributed by atoms with Crippen molar-refractivity contribution in [2.24, 2.45) is 0 Å². The summed E-state index contributed by atoms with van der Waals surface area (Å²) in [5.41, 5.74) is 0.826. The molecule has 2 aromatic rings. The van der Waals surface area contributed by atoms with Crippen LogP contribution in [0.1, 0.15) is 12.5 Å². The maximum Gasteiger partial charge on any atom is 0.141 e. The van der Waals surface area contributed by atoms with E-state index in [1.807, 2.05) is 13.0 Å². The number of benzene rings is 2. The normalized spacial score (nSPS) is 9.46. The van der Waals surface area contributed by atoms with Crippen molar-refractivity contribution in [2.45, 2.75) is 13.5 Å². The molecule has 2 aromatic carbocycles. The molecule has 0 aliphatic rings. The number of aromatic hydroxyl groups is 1. The minimum Gasteiger partial charge on any atom is -0.507 e. The second-order valence-electron chi connectivity index (χ2n) is 4.30. The molecule has 134 valence electrons. The van der Waals surface area contributed by atoms with Crippen LogP contribution in [0.15, 0.2) is 45.3 Å². The number of phenolic OH excluding ortho intramolecular Hbond substituents is 1. The number of rotatable bonds is 3. The highest BCUT2D eigenvalue weighted by Crippen LogP contribution is 2.25. The van der Waals surface area contributed by atoms with Crippen LogP contribution in [0.4, 0.5) is 8.78 Å². The van der Waals surface area contributed by atoms with Gasteiger partial charge in [-0.15, -0.1) is 0 Å². The first-order chi connectivity index (χ1) is 11.4. The summed E-state index contributed by atoms with van der Waals surface area (Å²) in [5, 5.41) is 8.81. The van der Waals surface area contributed by atoms with Gasteiger partial charge in [-0.25, -0.2) is 8.78 Å². The predicted molar refractivity (Wildman–Crippen MR) is 98.1 cm³/mol. The first-order valence-electron chi connectivity index (χ1n) is 6.92. The molecule has 3 nitrogen and oxygen atoms in total. The van der Waals surface area contributed by atoms with Gasteiger partial charge in [-0.1, -0.05) is 18.2 Å². The van der Waals surface area contributed by atoms with E-state index in [1.54, 1.807) is 20.3 Å². The summed E-state index contributed by atoms with van der Waals surface area (Å²) in [5.74, 6) is -0.774. The van der Waals surface area contributed by atoms with Gasteiger partial charge in [-0.2, -0.15) is 0 Å². The van der Waals surface area contributed by atoms with E-state index in [0.717, 1.165) is 12.2 Å². The third-order valence-electron chi connectivity index (χ3n) is 2.55. The first-order valence-corrected chi connectivity index (χ1v) is 8.51. The Morgan fingerprint density at radius 2 is 1.42 bits per heavy atom. The minimum absolute atomic E-state index is 0.0741. The highest BCUT2D eigenvalue weighted by atomic mass is 79.9. The van der Waals surface area contributed by atoms with Crippen molar-refractivity contribution in [3.05, 3.63) is 62.5 Å². The summed E-state index contributed by atoms with van der Waals surface area (Å²) in [7, 11) is 3.26. The number of halogens is 4. The van der Waals surface area contributed by atoms with Crippen LogP contribution in [-0.2, 0) is 16.1 Å². The van der Waals surface area contributed by atoms with Crippen LogP contribution in [0.2, 0.25) is 0 Å². The molecule has 0 fully saturated rings. The number of hydrogen-bond acceptors (Lipinski definition) is 3. The second-order valence-corrected chi connectivity index (χ2v) is 5.88. The Hall–Kier alpha value is -1.02. The van der Waals surface area contributed by atoms with Crippen molar-refractivity contribution in [3.8, 4) is 5.75 Å². The Kier molecular flexibility index (Phi) is 12.7. The van der Waals surface area contributed by atoms with Gasteiger partial charge in [0.05, 0.1) is 15.6 Å². The lowest BCUT2D eigenvalue weighted by atomic mass is 10.2. The SMILES string of the molecule is CCOC.COCc1cccc(F)c1Br.Oc1cccc(F)c1Br. The molecule has 0 aliphatic carbocycles. The van der Waals surface area contributed by atoms with E-state index in [0.29, 0.717) is 11.1 Å². The van der Waals surface area contributed by atoms with Gasteiger partial charge in [0, 0.05) is 20.8 Å². The lowest BCUT2D eigenvalue weighted by Gasteiger charge is -2.02. The number of hydrogen-bond donors (Lipinski definition) is 1. The maximum atomic E-state index is 12.8. The third kappa shape index (κ3) is 8.73. The zero-order valence-electron chi connectivity index (χ0n) is 13.7. The molecule has 24 heavy (non-hydrogen) atoms. The van der Waals surface area contributed by atoms with Gasteiger partial charge in [-0.3, -0.25) is 0 Å². The molecular formula is C17H20Br2F2O3. The van der Waals surface area contributed by atoms with E-state index >= 15 is 0 Å². The Morgan fingerprint density at radius 1 is 0.917 bits per heavy atom. The van der Waals surface area contributed by atoms with Gasteiger partial charge in [0.25, 0.3) is 0 Å². The molecule has 0 aromatic heterocycles. The molecule has 0 amide bonds. The van der Waals surface area contributed by atoms with Crippen molar-refractivity contribution in [1.29, 1.82) is 0 Å². The van der Waals surface area contributed by atoms with Crippen molar-refractivity contribution in [2.75, 3.05) is 20.8 Å². The Balaban J connectivity index is 0.000000367. The van der Waals surface area contributed by atoms with Crippen LogP contribution in [0.25, 0.3) is 0 Å². The molecule has 7 heteroatoms. The van der Waals surface area contributed by atoms with Gasteiger partial charge in [0.1, 0.15) is 17.4 Å². The van der Waals surface area contributed by atoms with Gasteiger partial charge in [-0.05, 0) is 62.5 Å². The standard InChI is InChI=1S/C8H8BrFO.C6H4BrFO.C3H8O/c1-11-5-6-3-2-4-7(10)8(6)9;7-6-4(8)2-1-3-5(6)9;1-3-4-2/h2-4H,5H2,1H3;1-3,9H;3H2,1-2H3. The molecule has 0 saturated carbocycles. The molecule has 0 spiro atoms. The summed E-state index contributed by atoms with van der Waals surface area (Å²) in [4.78, 5) is 0. The smallest absolute Gasteiger partial charge is 0.141 e. The van der Waals surface area contributed by atoms with Crippen LogP contribution in [0.3, 0.4) is 0 Å². The van der Waals surface area contributed by atoms with E-state index < -0.39 is 5.82 Å². The monoisotopic (exact) mass is 468 g/mol. The van der Waals surface area contributed by atoms with Crippen LogP contribution < -0.4 is 0 Å². The topological polar surface area (TPSA) is 38.7 Å². The largest absolute Gasteiger partial charge is 0.507 e. The molecule has 0 radical (unpaired) electrons. The molecule has 0 aliphatic heterocycles. The highest BCUT2D eigenvalue weighted by Gasteiger charge is 2.03. The maximum absolute atomic E-state index is 12.8. The number of methoxy groups -OCH3 is 2. The first kappa shape index (κ1) is 23.0. The quantitative estimate of drug-likeness (QED) is 0.628. The van der Waals surface area contributed by atoms with Crippen LogP contribution >= 0.6 is 31.9 Å². The molecule has 0 atom stereocenters. The molecule has 2 rings (SSSR count). The molecular weight excluding hydrogens is 450 g/mol. The zero-order chi connectivity index (χ0) is 18.5.